The molecule has 0 spiro atoms. The molecule has 0 fully saturated rings. The zero-order chi connectivity index (χ0) is 15.0. The second-order valence-electron chi connectivity index (χ2n) is 4.95. The van der Waals surface area contributed by atoms with E-state index in [9.17, 15) is 9.59 Å². The molecule has 0 bridgehead atoms. The number of hydrogen-bond donors (Lipinski definition) is 2. The van der Waals surface area contributed by atoms with Crippen molar-refractivity contribution in [3.8, 4) is 0 Å². The summed E-state index contributed by atoms with van der Waals surface area (Å²) in [4.78, 5) is 22.7. The van der Waals surface area contributed by atoms with E-state index in [0.29, 0.717) is 5.69 Å². The van der Waals surface area contributed by atoms with Crippen molar-refractivity contribution < 1.29 is 14.7 Å². The fourth-order valence-corrected chi connectivity index (χ4v) is 1.98. The van der Waals surface area contributed by atoms with Gasteiger partial charge in [-0.3, -0.25) is 14.3 Å². The SMILES string of the molecule is CCCCCC(C)NC(=O)c1ccnn1CCC(=O)O. The number of nitrogens with one attached hydrogen (secondary N) is 1. The normalized spacial score (nSPS) is 12.1. The first-order valence-electron chi connectivity index (χ1n) is 7.09. The van der Waals surface area contributed by atoms with Crippen LogP contribution in [0.25, 0.3) is 0 Å². The molecule has 1 aromatic heterocycles. The molecule has 1 amide bonds. The molecule has 2 N–H and O–H groups in total. The summed E-state index contributed by atoms with van der Waals surface area (Å²) in [6.45, 7) is 4.32. The van der Waals surface area contributed by atoms with Gasteiger partial charge in [-0.1, -0.05) is 26.2 Å². The Labute approximate surface area is 119 Å². The number of carboxylic acids is 1. The quantitative estimate of drug-likeness (QED) is 0.678. The van der Waals surface area contributed by atoms with Crippen LogP contribution in [0.5, 0.6) is 0 Å². The van der Waals surface area contributed by atoms with Gasteiger partial charge in [-0.05, 0) is 19.4 Å². The van der Waals surface area contributed by atoms with E-state index in [-0.39, 0.29) is 24.9 Å². The van der Waals surface area contributed by atoms with Gasteiger partial charge < -0.3 is 10.4 Å². The lowest BCUT2D eigenvalue weighted by molar-refractivity contribution is -0.137. The summed E-state index contributed by atoms with van der Waals surface area (Å²) in [5.74, 6) is -1.10. The van der Waals surface area contributed by atoms with E-state index in [1.54, 1.807) is 6.07 Å². The van der Waals surface area contributed by atoms with Crippen molar-refractivity contribution in [2.45, 2.75) is 58.5 Å². The van der Waals surface area contributed by atoms with Crippen LogP contribution < -0.4 is 5.32 Å². The van der Waals surface area contributed by atoms with Crippen LogP contribution in [0, 0.1) is 0 Å². The Kier molecular flexibility index (Phi) is 6.76. The van der Waals surface area contributed by atoms with Gasteiger partial charge in [0.2, 0.25) is 0 Å². The van der Waals surface area contributed by atoms with Gasteiger partial charge in [-0.2, -0.15) is 5.10 Å². The molecule has 6 nitrogen and oxygen atoms in total. The summed E-state index contributed by atoms with van der Waals surface area (Å²) >= 11 is 0. The maximum Gasteiger partial charge on any atom is 0.305 e. The number of rotatable bonds is 9. The standard InChI is InChI=1S/C14H23N3O3/c1-3-4-5-6-11(2)16-14(20)12-7-9-15-17(12)10-8-13(18)19/h7,9,11H,3-6,8,10H2,1-2H3,(H,16,20)(H,18,19). The average Bonchev–Trinajstić information content (AvgIpc) is 2.85. The first kappa shape index (κ1) is 16.2. The summed E-state index contributed by atoms with van der Waals surface area (Å²) in [5, 5.41) is 15.6. The number of aromatic nitrogens is 2. The zero-order valence-electron chi connectivity index (χ0n) is 12.1. The summed E-state index contributed by atoms with van der Waals surface area (Å²) in [7, 11) is 0. The number of aryl methyl sites for hydroxylation is 1. The number of amides is 1. The van der Waals surface area contributed by atoms with Crippen LogP contribution in [0.1, 0.15) is 56.4 Å². The number of nitrogens with zero attached hydrogens (tertiary/aromatic N) is 2. The molecule has 0 aromatic carbocycles. The molecule has 0 saturated heterocycles. The van der Waals surface area contributed by atoms with Gasteiger partial charge in [0, 0.05) is 12.2 Å². The molecule has 0 aliphatic carbocycles. The van der Waals surface area contributed by atoms with Crippen molar-refractivity contribution in [3.05, 3.63) is 18.0 Å². The van der Waals surface area contributed by atoms with E-state index in [1.807, 2.05) is 6.92 Å². The highest BCUT2D eigenvalue weighted by Gasteiger charge is 2.14. The highest BCUT2D eigenvalue weighted by Crippen LogP contribution is 2.05. The van der Waals surface area contributed by atoms with Gasteiger partial charge >= 0.3 is 5.97 Å². The minimum Gasteiger partial charge on any atom is -0.481 e. The molecule has 1 heterocycles. The number of carbonyl (C=O) groups excluding carboxylic acids is 1. The molecule has 20 heavy (non-hydrogen) atoms. The van der Waals surface area contributed by atoms with Gasteiger partial charge in [0.05, 0.1) is 13.0 Å². The Morgan fingerprint density at radius 3 is 2.85 bits per heavy atom. The van der Waals surface area contributed by atoms with Crippen LogP contribution in [0.3, 0.4) is 0 Å². The lowest BCUT2D eigenvalue weighted by Crippen LogP contribution is -2.34. The highest BCUT2D eigenvalue weighted by molar-refractivity contribution is 5.92. The third-order valence-corrected chi connectivity index (χ3v) is 3.10. The Hall–Kier alpha value is -1.85. The van der Waals surface area contributed by atoms with Gasteiger partial charge in [0.25, 0.3) is 5.91 Å². The van der Waals surface area contributed by atoms with Crippen LogP contribution in [-0.4, -0.2) is 32.8 Å². The summed E-state index contributed by atoms with van der Waals surface area (Å²) in [5.41, 5.74) is 0.411. The summed E-state index contributed by atoms with van der Waals surface area (Å²) < 4.78 is 1.43. The maximum atomic E-state index is 12.1. The van der Waals surface area contributed by atoms with E-state index in [2.05, 4.69) is 17.3 Å². The van der Waals surface area contributed by atoms with Crippen molar-refractivity contribution in [2.75, 3.05) is 0 Å². The monoisotopic (exact) mass is 281 g/mol. The summed E-state index contributed by atoms with van der Waals surface area (Å²) in [6.07, 6.45) is 5.82. The van der Waals surface area contributed by atoms with Crippen molar-refractivity contribution in [1.82, 2.24) is 15.1 Å². The molecule has 1 unspecified atom stereocenters. The first-order valence-corrected chi connectivity index (χ1v) is 7.09. The Morgan fingerprint density at radius 1 is 1.45 bits per heavy atom. The molecule has 6 heteroatoms. The van der Waals surface area contributed by atoms with Crippen LogP contribution >= 0.6 is 0 Å². The Morgan fingerprint density at radius 2 is 2.20 bits per heavy atom. The van der Waals surface area contributed by atoms with Crippen molar-refractivity contribution in [3.63, 3.8) is 0 Å². The topological polar surface area (TPSA) is 84.2 Å². The average molecular weight is 281 g/mol. The molecule has 0 aliphatic rings. The molecule has 0 aliphatic heterocycles. The smallest absolute Gasteiger partial charge is 0.305 e. The van der Waals surface area contributed by atoms with Gasteiger partial charge in [0.15, 0.2) is 0 Å². The number of hydrogen-bond acceptors (Lipinski definition) is 3. The molecule has 1 atom stereocenters. The maximum absolute atomic E-state index is 12.1. The van der Waals surface area contributed by atoms with Crippen molar-refractivity contribution in [2.24, 2.45) is 0 Å². The molecular weight excluding hydrogens is 258 g/mol. The molecule has 1 aromatic rings. The predicted octanol–water partition coefficient (Wildman–Crippen LogP) is 2.06. The van der Waals surface area contributed by atoms with Gasteiger partial charge in [0.1, 0.15) is 5.69 Å². The van der Waals surface area contributed by atoms with E-state index in [4.69, 9.17) is 5.11 Å². The first-order chi connectivity index (χ1) is 9.54. The third kappa shape index (κ3) is 5.42. The van der Waals surface area contributed by atoms with Crippen LogP contribution in [0.4, 0.5) is 0 Å². The van der Waals surface area contributed by atoms with Crippen molar-refractivity contribution >= 4 is 11.9 Å². The largest absolute Gasteiger partial charge is 0.481 e. The second-order valence-corrected chi connectivity index (χ2v) is 4.95. The molecule has 112 valence electrons. The molecule has 0 saturated carbocycles. The van der Waals surface area contributed by atoms with Crippen LogP contribution in [0.2, 0.25) is 0 Å². The van der Waals surface area contributed by atoms with Crippen LogP contribution in [-0.2, 0) is 11.3 Å². The Balaban J connectivity index is 2.50. The lowest BCUT2D eigenvalue weighted by Gasteiger charge is -2.14. The Bertz CT molecular complexity index is 443. The number of carbonyl (C=O) groups is 2. The van der Waals surface area contributed by atoms with Crippen LogP contribution in [0.15, 0.2) is 12.3 Å². The number of carboxylic acid groups (broad SMARTS) is 1. The van der Waals surface area contributed by atoms with E-state index in [1.165, 1.54) is 10.9 Å². The number of aliphatic carboxylic acids is 1. The summed E-state index contributed by atoms with van der Waals surface area (Å²) in [6, 6.07) is 1.72. The van der Waals surface area contributed by atoms with E-state index >= 15 is 0 Å². The highest BCUT2D eigenvalue weighted by atomic mass is 16.4. The van der Waals surface area contributed by atoms with E-state index in [0.717, 1.165) is 25.7 Å². The lowest BCUT2D eigenvalue weighted by atomic mass is 10.1. The minimum absolute atomic E-state index is 0.0476. The van der Waals surface area contributed by atoms with Crippen molar-refractivity contribution in [1.29, 1.82) is 0 Å². The predicted molar refractivity (Wildman–Crippen MR) is 75.6 cm³/mol. The molecule has 1 rings (SSSR count). The fourth-order valence-electron chi connectivity index (χ4n) is 1.98. The zero-order valence-corrected chi connectivity index (χ0v) is 12.1. The van der Waals surface area contributed by atoms with Gasteiger partial charge in [-0.15, -0.1) is 0 Å². The third-order valence-electron chi connectivity index (χ3n) is 3.10. The minimum atomic E-state index is -0.903. The second kappa shape index (κ2) is 8.35. The molecular formula is C14H23N3O3. The van der Waals surface area contributed by atoms with Gasteiger partial charge in [-0.25, -0.2) is 0 Å². The van der Waals surface area contributed by atoms with E-state index < -0.39 is 5.97 Å². The fraction of sp³-hybridized carbons (Fsp3) is 0.643. The number of unbranched alkanes of at least 4 members (excludes halogenated alkanes) is 2. The molecule has 0 radical (unpaired) electrons.